The molecule has 0 spiro atoms. The van der Waals surface area contributed by atoms with Crippen LogP contribution in [0.3, 0.4) is 0 Å². The van der Waals surface area contributed by atoms with Gasteiger partial charge in [-0.2, -0.15) is 4.31 Å². The lowest BCUT2D eigenvalue weighted by molar-refractivity contribution is 0.0290. The molecule has 5 nitrogen and oxygen atoms in total. The number of hydrogen-bond donors (Lipinski definition) is 1. The van der Waals surface area contributed by atoms with Crippen molar-refractivity contribution in [3.63, 3.8) is 0 Å². The lowest BCUT2D eigenvalue weighted by atomic mass is 10.1. The van der Waals surface area contributed by atoms with E-state index in [9.17, 15) is 8.42 Å². The summed E-state index contributed by atoms with van der Waals surface area (Å²) in [6.45, 7) is 5.37. The van der Waals surface area contributed by atoms with Gasteiger partial charge in [-0.1, -0.05) is 12.1 Å². The molecule has 0 radical (unpaired) electrons. The van der Waals surface area contributed by atoms with Gasteiger partial charge in [0.15, 0.2) is 0 Å². The van der Waals surface area contributed by atoms with E-state index in [-0.39, 0.29) is 11.0 Å². The van der Waals surface area contributed by atoms with E-state index in [1.807, 2.05) is 6.92 Å². The van der Waals surface area contributed by atoms with Crippen molar-refractivity contribution in [2.24, 2.45) is 0 Å². The van der Waals surface area contributed by atoms with Gasteiger partial charge in [0.2, 0.25) is 10.0 Å². The minimum Gasteiger partial charge on any atom is -0.398 e. The number of sulfonamides is 1. The zero-order chi connectivity index (χ0) is 14.8. The van der Waals surface area contributed by atoms with Gasteiger partial charge >= 0.3 is 0 Å². The van der Waals surface area contributed by atoms with Crippen LogP contribution in [0.5, 0.6) is 0 Å². The lowest BCUT2D eigenvalue weighted by Crippen LogP contribution is -2.41. The van der Waals surface area contributed by atoms with E-state index >= 15 is 0 Å². The Balaban J connectivity index is 2.20. The average Bonchev–Trinajstić information content (AvgIpc) is 2.39. The van der Waals surface area contributed by atoms with Crippen LogP contribution in [-0.2, 0) is 14.8 Å². The van der Waals surface area contributed by atoms with E-state index in [4.69, 9.17) is 10.5 Å². The van der Waals surface area contributed by atoms with E-state index in [2.05, 4.69) is 0 Å². The SMILES string of the molecule is CCOC1CCN(S(=O)(=O)c2c(C)cccc2N)CC1. The second kappa shape index (κ2) is 6.11. The highest BCUT2D eigenvalue weighted by atomic mass is 32.2. The molecule has 2 rings (SSSR count). The molecule has 0 atom stereocenters. The summed E-state index contributed by atoms with van der Waals surface area (Å²) in [5.74, 6) is 0. The third-order valence-electron chi connectivity index (χ3n) is 3.64. The summed E-state index contributed by atoms with van der Waals surface area (Å²) < 4.78 is 32.5. The zero-order valence-electron chi connectivity index (χ0n) is 12.0. The highest BCUT2D eigenvalue weighted by molar-refractivity contribution is 7.89. The van der Waals surface area contributed by atoms with Crippen LogP contribution in [0, 0.1) is 6.92 Å². The second-order valence-electron chi connectivity index (χ2n) is 5.05. The maximum Gasteiger partial charge on any atom is 0.245 e. The standard InChI is InChI=1S/C14H22N2O3S/c1-3-19-12-7-9-16(10-8-12)20(17,18)14-11(2)5-4-6-13(14)15/h4-6,12H,3,7-10,15H2,1-2H3. The molecule has 0 aromatic heterocycles. The van der Waals surface area contributed by atoms with Crippen molar-refractivity contribution < 1.29 is 13.2 Å². The number of rotatable bonds is 4. The minimum absolute atomic E-state index is 0.167. The predicted molar refractivity (Wildman–Crippen MR) is 79.0 cm³/mol. The van der Waals surface area contributed by atoms with Crippen LogP contribution >= 0.6 is 0 Å². The van der Waals surface area contributed by atoms with Crippen molar-refractivity contribution in [1.29, 1.82) is 0 Å². The van der Waals surface area contributed by atoms with Gasteiger partial charge in [-0.05, 0) is 38.3 Å². The third-order valence-corrected chi connectivity index (χ3v) is 5.76. The number of piperidine rings is 1. The number of aryl methyl sites for hydroxylation is 1. The number of benzene rings is 1. The van der Waals surface area contributed by atoms with E-state index < -0.39 is 10.0 Å². The van der Waals surface area contributed by atoms with Gasteiger partial charge < -0.3 is 10.5 Å². The normalized spacial score (nSPS) is 18.3. The molecule has 1 heterocycles. The molecule has 1 saturated heterocycles. The van der Waals surface area contributed by atoms with E-state index in [1.165, 1.54) is 4.31 Å². The highest BCUT2D eigenvalue weighted by Crippen LogP contribution is 2.28. The topological polar surface area (TPSA) is 72.6 Å². The van der Waals surface area contributed by atoms with Crippen LogP contribution < -0.4 is 5.73 Å². The smallest absolute Gasteiger partial charge is 0.245 e. The Hall–Kier alpha value is -1.11. The van der Waals surface area contributed by atoms with Gasteiger partial charge in [0, 0.05) is 19.7 Å². The van der Waals surface area contributed by atoms with Crippen molar-refractivity contribution >= 4 is 15.7 Å². The average molecular weight is 298 g/mol. The first kappa shape index (κ1) is 15.3. The minimum atomic E-state index is -3.51. The van der Waals surface area contributed by atoms with Crippen LogP contribution in [0.25, 0.3) is 0 Å². The van der Waals surface area contributed by atoms with Gasteiger partial charge in [0.05, 0.1) is 11.8 Å². The molecule has 0 unspecified atom stereocenters. The van der Waals surface area contributed by atoms with E-state index in [1.54, 1.807) is 25.1 Å². The molecule has 0 amide bonds. The molecule has 1 aromatic rings. The van der Waals surface area contributed by atoms with Gasteiger partial charge in [0.1, 0.15) is 4.90 Å². The molecule has 112 valence electrons. The number of anilines is 1. The Bertz CT molecular complexity index is 544. The fraction of sp³-hybridized carbons (Fsp3) is 0.571. The quantitative estimate of drug-likeness (QED) is 0.860. The molecule has 1 aliphatic heterocycles. The summed E-state index contributed by atoms with van der Waals surface area (Å²) in [6.07, 6.45) is 1.64. The van der Waals surface area contributed by atoms with Crippen LogP contribution in [0.1, 0.15) is 25.3 Å². The van der Waals surface area contributed by atoms with Crippen molar-refractivity contribution in [3.05, 3.63) is 23.8 Å². The zero-order valence-corrected chi connectivity index (χ0v) is 12.8. The largest absolute Gasteiger partial charge is 0.398 e. The third kappa shape index (κ3) is 2.97. The summed E-state index contributed by atoms with van der Waals surface area (Å²) in [5.41, 5.74) is 6.87. The van der Waals surface area contributed by atoms with Crippen molar-refractivity contribution in [1.82, 2.24) is 4.31 Å². The maximum absolute atomic E-state index is 12.7. The van der Waals surface area contributed by atoms with Crippen molar-refractivity contribution in [3.8, 4) is 0 Å². The molecule has 20 heavy (non-hydrogen) atoms. The maximum atomic E-state index is 12.7. The van der Waals surface area contributed by atoms with E-state index in [0.717, 1.165) is 12.8 Å². The molecule has 0 saturated carbocycles. The summed E-state index contributed by atoms with van der Waals surface area (Å²) in [7, 11) is -3.51. The Morgan fingerprint density at radius 2 is 2.00 bits per heavy atom. The lowest BCUT2D eigenvalue weighted by Gasteiger charge is -2.31. The number of nitrogen functional groups attached to an aromatic ring is 1. The molecule has 0 bridgehead atoms. The molecule has 1 aliphatic rings. The molecule has 1 fully saturated rings. The Kier molecular flexibility index (Phi) is 4.67. The number of nitrogens with zero attached hydrogens (tertiary/aromatic N) is 1. The summed E-state index contributed by atoms with van der Waals surface area (Å²) in [5, 5.41) is 0. The monoisotopic (exact) mass is 298 g/mol. The first-order valence-corrected chi connectivity index (χ1v) is 8.37. The molecule has 6 heteroatoms. The van der Waals surface area contributed by atoms with Gasteiger partial charge in [-0.25, -0.2) is 8.42 Å². The summed E-state index contributed by atoms with van der Waals surface area (Å²) >= 11 is 0. The number of ether oxygens (including phenoxy) is 1. The summed E-state index contributed by atoms with van der Waals surface area (Å²) in [6, 6.07) is 5.17. The fourth-order valence-corrected chi connectivity index (χ4v) is 4.42. The first-order chi connectivity index (χ1) is 9.46. The molecule has 1 aromatic carbocycles. The fourth-order valence-electron chi connectivity index (χ4n) is 2.63. The Labute approximate surface area is 120 Å². The molecule has 0 aliphatic carbocycles. The summed E-state index contributed by atoms with van der Waals surface area (Å²) in [4.78, 5) is 0.245. The number of nitrogens with two attached hydrogens (primary N) is 1. The van der Waals surface area contributed by atoms with Crippen LogP contribution in [0.4, 0.5) is 5.69 Å². The molecule has 2 N–H and O–H groups in total. The van der Waals surface area contributed by atoms with E-state index in [0.29, 0.717) is 30.9 Å². The van der Waals surface area contributed by atoms with Gasteiger partial charge in [0.25, 0.3) is 0 Å². The number of hydrogen-bond acceptors (Lipinski definition) is 4. The Morgan fingerprint density at radius 3 is 2.55 bits per heavy atom. The second-order valence-corrected chi connectivity index (χ2v) is 6.93. The van der Waals surface area contributed by atoms with Crippen LogP contribution in [0.15, 0.2) is 23.1 Å². The van der Waals surface area contributed by atoms with Gasteiger partial charge in [-0.15, -0.1) is 0 Å². The van der Waals surface area contributed by atoms with Crippen LogP contribution in [-0.4, -0.2) is 38.5 Å². The van der Waals surface area contributed by atoms with Gasteiger partial charge in [-0.3, -0.25) is 0 Å². The highest BCUT2D eigenvalue weighted by Gasteiger charge is 2.31. The molecular weight excluding hydrogens is 276 g/mol. The van der Waals surface area contributed by atoms with Crippen molar-refractivity contribution in [2.45, 2.75) is 37.7 Å². The van der Waals surface area contributed by atoms with Crippen LogP contribution in [0.2, 0.25) is 0 Å². The molecular formula is C14H22N2O3S. The van der Waals surface area contributed by atoms with Crippen molar-refractivity contribution in [2.75, 3.05) is 25.4 Å². The first-order valence-electron chi connectivity index (χ1n) is 6.93. The Morgan fingerprint density at radius 1 is 1.35 bits per heavy atom. The predicted octanol–water partition coefficient (Wildman–Crippen LogP) is 1.77.